The molecule has 2 aromatic rings. The normalized spacial score (nSPS) is 16.8. The molecule has 1 aliphatic carbocycles. The van der Waals surface area contributed by atoms with Gasteiger partial charge in [0, 0.05) is 17.1 Å². The summed E-state index contributed by atoms with van der Waals surface area (Å²) in [6, 6.07) is 10.2. The average Bonchev–Trinajstić information content (AvgIpc) is 3.19. The minimum Gasteiger partial charge on any atom is -0.325 e. The minimum absolute atomic E-state index is 0.111. The molecular formula is C18H19NOS2. The van der Waals surface area contributed by atoms with E-state index in [9.17, 15) is 4.79 Å². The number of hydrogen-bond acceptors (Lipinski definition) is 3. The van der Waals surface area contributed by atoms with E-state index in [1.165, 1.54) is 5.56 Å². The lowest BCUT2D eigenvalue weighted by atomic mass is 10.1. The first kappa shape index (κ1) is 15.4. The lowest BCUT2D eigenvalue weighted by molar-refractivity contribution is -0.116. The van der Waals surface area contributed by atoms with Crippen molar-refractivity contribution in [3.63, 3.8) is 0 Å². The lowest BCUT2D eigenvalue weighted by Crippen LogP contribution is -2.15. The van der Waals surface area contributed by atoms with E-state index in [4.69, 9.17) is 0 Å². The van der Waals surface area contributed by atoms with Crippen LogP contribution in [-0.4, -0.2) is 5.91 Å². The molecule has 0 fully saturated rings. The Labute approximate surface area is 139 Å². The van der Waals surface area contributed by atoms with E-state index < -0.39 is 0 Å². The molecular weight excluding hydrogens is 310 g/mol. The molecule has 1 aromatic heterocycles. The Kier molecular flexibility index (Phi) is 5.35. The third-order valence-electron chi connectivity index (χ3n) is 3.70. The molecule has 0 spiro atoms. The first-order valence-electron chi connectivity index (χ1n) is 7.50. The van der Waals surface area contributed by atoms with Crippen LogP contribution in [0.3, 0.4) is 0 Å². The average molecular weight is 329 g/mol. The number of benzene rings is 1. The number of anilines is 1. The summed E-state index contributed by atoms with van der Waals surface area (Å²) < 4.78 is 0. The molecule has 114 valence electrons. The van der Waals surface area contributed by atoms with Gasteiger partial charge >= 0.3 is 0 Å². The van der Waals surface area contributed by atoms with Gasteiger partial charge in [0.15, 0.2) is 0 Å². The van der Waals surface area contributed by atoms with Crippen LogP contribution >= 0.6 is 23.1 Å². The maximum absolute atomic E-state index is 12.2. The molecule has 0 saturated carbocycles. The summed E-state index contributed by atoms with van der Waals surface area (Å²) in [4.78, 5) is 13.3. The summed E-state index contributed by atoms with van der Waals surface area (Å²) in [7, 11) is 0. The van der Waals surface area contributed by atoms with Gasteiger partial charge in [0.2, 0.25) is 5.91 Å². The van der Waals surface area contributed by atoms with Crippen molar-refractivity contribution in [2.75, 3.05) is 5.32 Å². The highest BCUT2D eigenvalue weighted by Gasteiger charge is 2.15. The van der Waals surface area contributed by atoms with Crippen molar-refractivity contribution in [3.8, 4) is 0 Å². The first-order valence-corrected chi connectivity index (χ1v) is 9.43. The van der Waals surface area contributed by atoms with Crippen LogP contribution in [0.5, 0.6) is 0 Å². The highest BCUT2D eigenvalue weighted by molar-refractivity contribution is 7.98. The van der Waals surface area contributed by atoms with Crippen molar-refractivity contribution in [1.82, 2.24) is 0 Å². The van der Waals surface area contributed by atoms with Crippen molar-refractivity contribution in [2.45, 2.75) is 29.9 Å². The van der Waals surface area contributed by atoms with Crippen LogP contribution in [0.4, 0.5) is 5.69 Å². The van der Waals surface area contributed by atoms with E-state index in [1.54, 1.807) is 23.1 Å². The lowest BCUT2D eigenvalue weighted by Gasteiger charge is -2.12. The van der Waals surface area contributed by atoms with Crippen molar-refractivity contribution >= 4 is 34.7 Å². The van der Waals surface area contributed by atoms with Crippen LogP contribution in [0.1, 0.15) is 24.8 Å². The Morgan fingerprint density at radius 3 is 3.00 bits per heavy atom. The third kappa shape index (κ3) is 4.24. The SMILES string of the molecule is O=C(C[C@H]1C=CCC1)Nc1ccccc1SCc1ccsc1. The molecule has 4 heteroatoms. The molecule has 0 radical (unpaired) electrons. The fourth-order valence-electron chi connectivity index (χ4n) is 2.54. The molecule has 3 rings (SSSR count). The van der Waals surface area contributed by atoms with Crippen molar-refractivity contribution < 1.29 is 4.79 Å². The Morgan fingerprint density at radius 1 is 1.32 bits per heavy atom. The van der Waals surface area contributed by atoms with Gasteiger partial charge in [0.1, 0.15) is 0 Å². The number of thioether (sulfide) groups is 1. The second-order valence-corrected chi connectivity index (χ2v) is 7.23. The molecule has 1 amide bonds. The number of carbonyl (C=O) groups is 1. The van der Waals surface area contributed by atoms with Crippen molar-refractivity contribution in [1.29, 1.82) is 0 Å². The first-order chi connectivity index (χ1) is 10.8. The second-order valence-electron chi connectivity index (χ2n) is 5.43. The number of hydrogen-bond donors (Lipinski definition) is 1. The zero-order chi connectivity index (χ0) is 15.2. The Hall–Kier alpha value is -1.52. The van der Waals surface area contributed by atoms with E-state index in [0.29, 0.717) is 12.3 Å². The van der Waals surface area contributed by atoms with Crippen LogP contribution in [0, 0.1) is 5.92 Å². The van der Waals surface area contributed by atoms with Crippen LogP contribution < -0.4 is 5.32 Å². The zero-order valence-electron chi connectivity index (χ0n) is 12.3. The molecule has 1 heterocycles. The molecule has 2 nitrogen and oxygen atoms in total. The number of para-hydroxylation sites is 1. The monoisotopic (exact) mass is 329 g/mol. The van der Waals surface area contributed by atoms with Gasteiger partial charge in [-0.1, -0.05) is 24.3 Å². The molecule has 1 N–H and O–H groups in total. The minimum atomic E-state index is 0.111. The largest absolute Gasteiger partial charge is 0.325 e. The van der Waals surface area contributed by atoms with E-state index in [-0.39, 0.29) is 5.91 Å². The van der Waals surface area contributed by atoms with Gasteiger partial charge in [0.25, 0.3) is 0 Å². The van der Waals surface area contributed by atoms with Gasteiger partial charge in [-0.3, -0.25) is 4.79 Å². The molecule has 1 aromatic carbocycles. The van der Waals surface area contributed by atoms with Gasteiger partial charge in [-0.25, -0.2) is 0 Å². The summed E-state index contributed by atoms with van der Waals surface area (Å²) in [6.07, 6.45) is 7.12. The van der Waals surface area contributed by atoms with Gasteiger partial charge < -0.3 is 5.32 Å². The molecule has 0 bridgehead atoms. The van der Waals surface area contributed by atoms with E-state index in [2.05, 4.69) is 40.4 Å². The fourth-order valence-corrected chi connectivity index (χ4v) is 4.26. The van der Waals surface area contributed by atoms with Gasteiger partial charge in [-0.2, -0.15) is 11.3 Å². The van der Waals surface area contributed by atoms with Crippen LogP contribution in [0.25, 0.3) is 0 Å². The highest BCUT2D eigenvalue weighted by atomic mass is 32.2. The zero-order valence-corrected chi connectivity index (χ0v) is 14.0. The summed E-state index contributed by atoms with van der Waals surface area (Å²) in [6.45, 7) is 0. The van der Waals surface area contributed by atoms with E-state index >= 15 is 0 Å². The molecule has 0 unspecified atom stereocenters. The second kappa shape index (κ2) is 7.65. The summed E-state index contributed by atoms with van der Waals surface area (Å²) in [5.41, 5.74) is 2.25. The molecule has 1 aliphatic rings. The number of amides is 1. The maximum Gasteiger partial charge on any atom is 0.224 e. The Balaban J connectivity index is 1.60. The predicted octanol–water partition coefficient (Wildman–Crippen LogP) is 5.34. The van der Waals surface area contributed by atoms with Crippen molar-refractivity contribution in [2.24, 2.45) is 5.92 Å². The molecule has 22 heavy (non-hydrogen) atoms. The summed E-state index contributed by atoms with van der Waals surface area (Å²) in [5.74, 6) is 1.45. The molecule has 0 aliphatic heterocycles. The van der Waals surface area contributed by atoms with Gasteiger partial charge in [0.05, 0.1) is 5.69 Å². The number of nitrogens with one attached hydrogen (secondary N) is 1. The fraction of sp³-hybridized carbons (Fsp3) is 0.278. The van der Waals surface area contributed by atoms with Crippen molar-refractivity contribution in [3.05, 3.63) is 58.8 Å². The van der Waals surface area contributed by atoms with Crippen LogP contribution in [0.2, 0.25) is 0 Å². The summed E-state index contributed by atoms with van der Waals surface area (Å²) >= 11 is 3.49. The molecule has 0 saturated heterocycles. The van der Waals surface area contributed by atoms with Gasteiger partial charge in [-0.05, 0) is 53.3 Å². The Bertz CT molecular complexity index is 649. The van der Waals surface area contributed by atoms with E-state index in [0.717, 1.165) is 29.2 Å². The maximum atomic E-state index is 12.2. The predicted molar refractivity (Wildman–Crippen MR) is 95.4 cm³/mol. The van der Waals surface area contributed by atoms with E-state index in [1.807, 2.05) is 18.2 Å². The topological polar surface area (TPSA) is 29.1 Å². The van der Waals surface area contributed by atoms with Crippen LogP contribution in [0.15, 0.2) is 58.1 Å². The number of allylic oxidation sites excluding steroid dienone is 2. The standard InChI is InChI=1S/C18H19NOS2/c20-18(11-14-5-1-2-6-14)19-16-7-3-4-8-17(16)22-13-15-9-10-21-12-15/h1,3-5,7-10,12,14H,2,6,11,13H2,(H,19,20)/t14-/m0/s1. The summed E-state index contributed by atoms with van der Waals surface area (Å²) in [5, 5.41) is 7.34. The molecule has 1 atom stereocenters. The van der Waals surface area contributed by atoms with Crippen LogP contribution in [-0.2, 0) is 10.5 Å². The Morgan fingerprint density at radius 2 is 2.23 bits per heavy atom. The quantitative estimate of drug-likeness (QED) is 0.573. The number of thiophene rings is 1. The smallest absolute Gasteiger partial charge is 0.224 e. The number of carbonyl (C=O) groups excluding carboxylic acids is 1. The third-order valence-corrected chi connectivity index (χ3v) is 5.57. The van der Waals surface area contributed by atoms with Gasteiger partial charge in [-0.15, -0.1) is 11.8 Å². The number of rotatable bonds is 6. The highest BCUT2D eigenvalue weighted by Crippen LogP contribution is 2.31.